The molecule has 3 rings (SSSR count). The lowest BCUT2D eigenvalue weighted by Crippen LogP contribution is -2.28. The van der Waals surface area contributed by atoms with Crippen LogP contribution in [0.5, 0.6) is 0 Å². The molecule has 2 aromatic carbocycles. The first-order valence-electron chi connectivity index (χ1n) is 10.9. The van der Waals surface area contributed by atoms with Crippen molar-refractivity contribution in [1.29, 1.82) is 0 Å². The Bertz CT molecular complexity index is 1130. The number of nitrogens with one attached hydrogen (secondary N) is 1. The third-order valence-corrected chi connectivity index (χ3v) is 5.88. The average Bonchev–Trinajstić information content (AvgIpc) is 3.11. The topological polar surface area (TPSA) is 96.7 Å². The van der Waals surface area contributed by atoms with Crippen molar-refractivity contribution in [3.8, 4) is 0 Å². The summed E-state index contributed by atoms with van der Waals surface area (Å²) in [5.74, 6) is -0.884. The summed E-state index contributed by atoms with van der Waals surface area (Å²) in [6.07, 6.45) is -11.5. The monoisotopic (exact) mass is 537 g/mol. The minimum absolute atomic E-state index is 0.00796. The Labute approximate surface area is 206 Å². The highest BCUT2D eigenvalue weighted by molar-refractivity contribution is 5.98. The Kier molecular flexibility index (Phi) is 7.72. The van der Waals surface area contributed by atoms with Crippen molar-refractivity contribution in [1.82, 2.24) is 5.12 Å². The summed E-state index contributed by atoms with van der Waals surface area (Å²) >= 11 is 0. The van der Waals surface area contributed by atoms with Crippen molar-refractivity contribution in [2.75, 3.05) is 12.4 Å². The lowest BCUT2D eigenvalue weighted by Gasteiger charge is -2.24. The van der Waals surface area contributed by atoms with E-state index >= 15 is 0 Å². The quantitative estimate of drug-likeness (QED) is 0.153. The zero-order valence-electron chi connectivity index (χ0n) is 19.3. The molecule has 6 nitrogen and oxygen atoms in total. The van der Waals surface area contributed by atoms with E-state index in [4.69, 9.17) is 11.6 Å². The number of rotatable bonds is 6. The highest BCUT2D eigenvalue weighted by Gasteiger charge is 2.45. The molecule has 1 fully saturated rings. The lowest BCUT2D eigenvalue weighted by atomic mass is 9.83. The van der Waals surface area contributed by atoms with Crippen LogP contribution in [0.1, 0.15) is 47.4 Å². The Balaban J connectivity index is 1.99. The fraction of sp³-hybridized carbons (Fsp3) is 0.391. The van der Waals surface area contributed by atoms with Gasteiger partial charge in [-0.1, -0.05) is 24.3 Å². The van der Waals surface area contributed by atoms with Crippen molar-refractivity contribution >= 4 is 17.4 Å². The van der Waals surface area contributed by atoms with E-state index in [1.807, 2.05) is 0 Å². The minimum Gasteiger partial charge on any atom is -0.382 e. The maximum Gasteiger partial charge on any atom is 0.416 e. The Morgan fingerprint density at radius 1 is 1.05 bits per heavy atom. The predicted octanol–water partition coefficient (Wildman–Crippen LogP) is 5.31. The van der Waals surface area contributed by atoms with Crippen molar-refractivity contribution in [2.45, 2.75) is 43.5 Å². The number of amides is 1. The highest BCUT2D eigenvalue weighted by atomic mass is 19.4. The van der Waals surface area contributed by atoms with Gasteiger partial charge in [0.15, 0.2) is 5.84 Å². The van der Waals surface area contributed by atoms with Crippen LogP contribution in [0.25, 0.3) is 0 Å². The zero-order valence-corrected chi connectivity index (χ0v) is 19.3. The third-order valence-electron chi connectivity index (χ3n) is 5.88. The maximum absolute atomic E-state index is 14.0. The lowest BCUT2D eigenvalue weighted by molar-refractivity contribution is -0.143. The van der Waals surface area contributed by atoms with Crippen LogP contribution in [0.15, 0.2) is 47.6 Å². The second-order valence-electron chi connectivity index (χ2n) is 8.80. The van der Waals surface area contributed by atoms with E-state index in [-0.39, 0.29) is 23.9 Å². The number of anilines is 1. The first-order valence-corrected chi connectivity index (χ1v) is 10.9. The van der Waals surface area contributed by atoms with E-state index in [9.17, 15) is 39.9 Å². The number of hydrazine groups is 1. The molecule has 1 amide bonds. The highest BCUT2D eigenvalue weighted by Crippen LogP contribution is 2.46. The number of nitrogens with two attached hydrogens (primary N) is 2. The molecule has 1 aliphatic carbocycles. The van der Waals surface area contributed by atoms with Gasteiger partial charge in [-0.2, -0.15) is 26.3 Å². The maximum atomic E-state index is 14.0. The Morgan fingerprint density at radius 2 is 1.59 bits per heavy atom. The van der Waals surface area contributed by atoms with Crippen molar-refractivity contribution in [3.63, 3.8) is 0 Å². The summed E-state index contributed by atoms with van der Waals surface area (Å²) in [5.41, 5.74) is 2.41. The van der Waals surface area contributed by atoms with E-state index in [0.717, 1.165) is 5.12 Å². The molecule has 0 bridgehead atoms. The van der Waals surface area contributed by atoms with Gasteiger partial charge in [-0.3, -0.25) is 4.79 Å². The number of carbonyl (C=O) groups excluding carboxylic acids is 1. The molecule has 2 atom stereocenters. The molecule has 0 saturated heterocycles. The summed E-state index contributed by atoms with van der Waals surface area (Å²) in [7, 11) is 1.42. The van der Waals surface area contributed by atoms with Gasteiger partial charge in [0.1, 0.15) is 0 Å². The van der Waals surface area contributed by atoms with Gasteiger partial charge in [-0.25, -0.2) is 19.7 Å². The van der Waals surface area contributed by atoms with Gasteiger partial charge < -0.3 is 11.1 Å². The van der Waals surface area contributed by atoms with Crippen LogP contribution in [0.3, 0.4) is 0 Å². The molecule has 0 heterocycles. The van der Waals surface area contributed by atoms with Gasteiger partial charge in [0.05, 0.1) is 17.0 Å². The van der Waals surface area contributed by atoms with Crippen LogP contribution in [-0.2, 0) is 17.1 Å². The molecule has 2 aromatic rings. The number of alkyl halides is 8. The molecule has 1 saturated carbocycles. The van der Waals surface area contributed by atoms with Gasteiger partial charge in [0.2, 0.25) is 11.8 Å². The van der Waals surface area contributed by atoms with Crippen LogP contribution in [0.4, 0.5) is 40.8 Å². The number of hydrogen-bond donors (Lipinski definition) is 3. The predicted molar refractivity (Wildman–Crippen MR) is 119 cm³/mol. The van der Waals surface area contributed by atoms with E-state index in [1.165, 1.54) is 31.3 Å². The van der Waals surface area contributed by atoms with Gasteiger partial charge in [-0.05, 0) is 36.1 Å². The van der Waals surface area contributed by atoms with Gasteiger partial charge >= 0.3 is 12.4 Å². The molecule has 5 N–H and O–H groups in total. The molecule has 14 heteroatoms. The van der Waals surface area contributed by atoms with Crippen LogP contribution in [0.2, 0.25) is 0 Å². The molecule has 0 aromatic heterocycles. The number of nitrogens with zero attached hydrogens (tertiary/aromatic N) is 2. The molecular weight excluding hydrogens is 514 g/mol. The first-order chi connectivity index (χ1) is 17.0. The van der Waals surface area contributed by atoms with Crippen molar-refractivity contribution in [3.05, 3.63) is 64.7 Å². The Morgan fingerprint density at radius 3 is 2.03 bits per heavy atom. The van der Waals surface area contributed by atoms with Crippen molar-refractivity contribution < 1.29 is 39.9 Å². The second-order valence-corrected chi connectivity index (χ2v) is 8.80. The normalized spacial score (nSPS) is 19.0. The van der Waals surface area contributed by atoms with E-state index in [1.54, 1.807) is 0 Å². The molecule has 0 spiro atoms. The molecule has 2 unspecified atom stereocenters. The SMILES string of the molecule is CN(N)/N=C(\N)c1ccc(C(C(=O)Nc2cc(C(F)(F)F)cc(C(F)(F)F)c2)C2CCC(F)(F)C2)cc1. The van der Waals surface area contributed by atoms with Crippen molar-refractivity contribution in [2.24, 2.45) is 22.6 Å². The molecule has 0 aliphatic heterocycles. The van der Waals surface area contributed by atoms with Crippen LogP contribution in [-0.4, -0.2) is 29.8 Å². The summed E-state index contributed by atoms with van der Waals surface area (Å²) in [6.45, 7) is 0. The standard InChI is InChI=1S/C23H23F8N5O/c1-36(33)35-19(32)13-4-2-12(3-5-13)18(14-6-7-21(24,25)11-14)20(37)34-17-9-15(22(26,27)28)8-16(10-17)23(29,30)31/h2-5,8-10,14,18H,6-7,11,33H2,1H3,(H2,32,35)(H,34,37). The van der Waals surface area contributed by atoms with Gasteiger partial charge in [0, 0.05) is 31.1 Å². The van der Waals surface area contributed by atoms with Crippen LogP contribution in [0, 0.1) is 5.92 Å². The Hall–Kier alpha value is -3.42. The molecule has 0 radical (unpaired) electrons. The second kappa shape index (κ2) is 10.1. The zero-order chi connectivity index (χ0) is 27.8. The third kappa shape index (κ3) is 7.08. The van der Waals surface area contributed by atoms with Crippen LogP contribution < -0.4 is 16.9 Å². The average molecular weight is 537 g/mol. The molecule has 37 heavy (non-hydrogen) atoms. The summed E-state index contributed by atoms with van der Waals surface area (Å²) in [6, 6.07) is 6.33. The number of hydrogen-bond acceptors (Lipinski definition) is 4. The van der Waals surface area contributed by atoms with E-state index in [0.29, 0.717) is 17.7 Å². The van der Waals surface area contributed by atoms with E-state index < -0.39 is 65.7 Å². The summed E-state index contributed by atoms with van der Waals surface area (Å²) in [5, 5.41) is 6.84. The first kappa shape index (κ1) is 28.2. The van der Waals surface area contributed by atoms with Crippen LogP contribution >= 0.6 is 0 Å². The number of halogens is 8. The molecule has 202 valence electrons. The fourth-order valence-corrected chi connectivity index (χ4v) is 4.24. The largest absolute Gasteiger partial charge is 0.416 e. The van der Waals surface area contributed by atoms with Gasteiger partial charge in [0.25, 0.3) is 0 Å². The number of amidine groups is 1. The summed E-state index contributed by atoms with van der Waals surface area (Å²) < 4.78 is 107. The minimum atomic E-state index is -5.12. The summed E-state index contributed by atoms with van der Waals surface area (Å²) in [4.78, 5) is 13.2. The number of hydrazone groups is 1. The molecule has 1 aliphatic rings. The smallest absolute Gasteiger partial charge is 0.382 e. The fourth-order valence-electron chi connectivity index (χ4n) is 4.24. The molecular formula is C23H23F8N5O. The number of carbonyl (C=O) groups is 1. The van der Waals surface area contributed by atoms with E-state index in [2.05, 4.69) is 10.4 Å². The number of benzene rings is 2. The van der Waals surface area contributed by atoms with Gasteiger partial charge in [-0.15, -0.1) is 5.10 Å².